The largest absolute Gasteiger partial charge is 0.323 e. The van der Waals surface area contributed by atoms with Crippen LogP contribution >= 0.6 is 0 Å². The van der Waals surface area contributed by atoms with E-state index >= 15 is 0 Å². The van der Waals surface area contributed by atoms with E-state index in [1.807, 2.05) is 14.1 Å². The molecule has 68 valence electrons. The summed E-state index contributed by atoms with van der Waals surface area (Å²) in [6, 6.07) is 8.49. The van der Waals surface area contributed by atoms with Crippen molar-refractivity contribution >= 4 is 0 Å². The fraction of sp³-hybridized carbons (Fsp3) is 0.455. The molecule has 0 bridgehead atoms. The smallest absolute Gasteiger partial charge is 0.0167 e. The van der Waals surface area contributed by atoms with Gasteiger partial charge in [-0.3, -0.25) is 0 Å². The summed E-state index contributed by atoms with van der Waals surface area (Å²) < 4.78 is 0. The Labute approximate surface area is 75.8 Å². The molecule has 0 fully saturated rings. The molecule has 1 heteroatoms. The maximum Gasteiger partial charge on any atom is -0.0167 e. The molecule has 0 aliphatic heterocycles. The summed E-state index contributed by atoms with van der Waals surface area (Å²) >= 11 is 0. The van der Waals surface area contributed by atoms with Crippen LogP contribution in [0, 0.1) is 6.92 Å². The van der Waals surface area contributed by atoms with Crippen LogP contribution in [0.2, 0.25) is 0 Å². The van der Waals surface area contributed by atoms with Crippen LogP contribution in [-0.4, -0.2) is 14.1 Å². The molecule has 0 heterocycles. The van der Waals surface area contributed by atoms with Gasteiger partial charge in [0.25, 0.3) is 0 Å². The standard InChI is InChI=1S/C9H12.C2H7N/c1-3-9-7-5-4-6-8(9)2;1-3-2/h4-7H,3H2,1-2H3;3H,1-2H3. The van der Waals surface area contributed by atoms with Crippen LogP contribution in [0.15, 0.2) is 24.3 Å². The van der Waals surface area contributed by atoms with Gasteiger partial charge >= 0.3 is 0 Å². The predicted molar refractivity (Wildman–Crippen MR) is 55.5 cm³/mol. The average Bonchev–Trinajstić information content (AvgIpc) is 2.07. The number of aryl methyl sites for hydroxylation is 2. The van der Waals surface area contributed by atoms with Crippen LogP contribution in [0.3, 0.4) is 0 Å². The molecule has 0 saturated heterocycles. The van der Waals surface area contributed by atoms with Gasteiger partial charge in [-0.2, -0.15) is 0 Å². The molecule has 1 aromatic rings. The Morgan fingerprint density at radius 2 is 1.67 bits per heavy atom. The van der Waals surface area contributed by atoms with Crippen molar-refractivity contribution in [1.29, 1.82) is 0 Å². The molecule has 0 radical (unpaired) electrons. The Morgan fingerprint density at radius 3 is 2.00 bits per heavy atom. The zero-order valence-electron chi connectivity index (χ0n) is 8.52. The van der Waals surface area contributed by atoms with Crippen molar-refractivity contribution in [1.82, 2.24) is 5.32 Å². The van der Waals surface area contributed by atoms with E-state index in [0.717, 1.165) is 6.42 Å². The summed E-state index contributed by atoms with van der Waals surface area (Å²) in [5.74, 6) is 0. The molecular formula is C11H19N. The molecule has 1 rings (SSSR count). The molecule has 1 nitrogen and oxygen atoms in total. The van der Waals surface area contributed by atoms with Crippen molar-refractivity contribution in [3.05, 3.63) is 35.4 Å². The first-order valence-corrected chi connectivity index (χ1v) is 4.39. The minimum Gasteiger partial charge on any atom is -0.323 e. The molecule has 0 spiro atoms. The monoisotopic (exact) mass is 165 g/mol. The first kappa shape index (κ1) is 11.2. The summed E-state index contributed by atoms with van der Waals surface area (Å²) in [6.07, 6.45) is 1.15. The predicted octanol–water partition coefficient (Wildman–Crippen LogP) is 2.39. The Morgan fingerprint density at radius 1 is 1.17 bits per heavy atom. The first-order chi connectivity index (χ1) is 5.76. The molecule has 0 unspecified atom stereocenters. The highest BCUT2D eigenvalue weighted by atomic mass is 14.7. The van der Waals surface area contributed by atoms with Crippen molar-refractivity contribution in [2.75, 3.05) is 14.1 Å². The number of nitrogens with one attached hydrogen (secondary N) is 1. The van der Waals surface area contributed by atoms with E-state index in [9.17, 15) is 0 Å². The van der Waals surface area contributed by atoms with Gasteiger partial charge in [0.15, 0.2) is 0 Å². The lowest BCUT2D eigenvalue weighted by molar-refractivity contribution is 1.02. The molecule has 1 aromatic carbocycles. The maximum absolute atomic E-state index is 2.75. The molecule has 0 aromatic heterocycles. The summed E-state index contributed by atoms with van der Waals surface area (Å²) in [6.45, 7) is 4.33. The lowest BCUT2D eigenvalue weighted by Crippen LogP contribution is -1.89. The highest BCUT2D eigenvalue weighted by molar-refractivity contribution is 5.24. The summed E-state index contributed by atoms with van der Waals surface area (Å²) in [4.78, 5) is 0. The highest BCUT2D eigenvalue weighted by Gasteiger charge is 1.89. The second-order valence-corrected chi connectivity index (χ2v) is 2.78. The zero-order valence-corrected chi connectivity index (χ0v) is 8.52. The molecular weight excluding hydrogens is 146 g/mol. The fourth-order valence-electron chi connectivity index (χ4n) is 1.01. The Kier molecular flexibility index (Phi) is 6.39. The van der Waals surface area contributed by atoms with Gasteiger partial charge in [0, 0.05) is 0 Å². The number of rotatable bonds is 1. The van der Waals surface area contributed by atoms with E-state index in [1.54, 1.807) is 0 Å². The number of hydrogen-bond donors (Lipinski definition) is 1. The second-order valence-electron chi connectivity index (χ2n) is 2.78. The van der Waals surface area contributed by atoms with Gasteiger partial charge in [0.05, 0.1) is 0 Å². The molecule has 0 saturated carbocycles. The van der Waals surface area contributed by atoms with Crippen LogP contribution in [0.5, 0.6) is 0 Å². The minimum atomic E-state index is 1.15. The third-order valence-corrected chi connectivity index (χ3v) is 1.64. The SMILES string of the molecule is CCc1ccccc1C.CNC. The Bertz CT molecular complexity index is 206. The average molecular weight is 165 g/mol. The van der Waals surface area contributed by atoms with Crippen molar-refractivity contribution in [2.24, 2.45) is 0 Å². The van der Waals surface area contributed by atoms with Gasteiger partial charge in [0.1, 0.15) is 0 Å². The minimum absolute atomic E-state index is 1.15. The van der Waals surface area contributed by atoms with Gasteiger partial charge in [0.2, 0.25) is 0 Å². The second kappa shape index (κ2) is 6.86. The third-order valence-electron chi connectivity index (χ3n) is 1.64. The molecule has 0 atom stereocenters. The maximum atomic E-state index is 2.75. The normalized spacial score (nSPS) is 8.67. The first-order valence-electron chi connectivity index (χ1n) is 4.39. The van der Waals surface area contributed by atoms with Crippen LogP contribution in [0.25, 0.3) is 0 Å². The van der Waals surface area contributed by atoms with Crippen LogP contribution in [0.4, 0.5) is 0 Å². The number of benzene rings is 1. The summed E-state index contributed by atoms with van der Waals surface area (Å²) in [5.41, 5.74) is 2.86. The van der Waals surface area contributed by atoms with E-state index in [2.05, 4.69) is 43.4 Å². The third kappa shape index (κ3) is 4.14. The number of hydrogen-bond acceptors (Lipinski definition) is 1. The van der Waals surface area contributed by atoms with Gasteiger partial charge < -0.3 is 5.32 Å². The van der Waals surface area contributed by atoms with E-state index in [4.69, 9.17) is 0 Å². The lowest BCUT2D eigenvalue weighted by atomic mass is 10.1. The fourth-order valence-corrected chi connectivity index (χ4v) is 1.01. The Hall–Kier alpha value is -0.820. The highest BCUT2D eigenvalue weighted by Crippen LogP contribution is 2.06. The van der Waals surface area contributed by atoms with Crippen LogP contribution < -0.4 is 5.32 Å². The summed E-state index contributed by atoms with van der Waals surface area (Å²) in [5, 5.41) is 2.75. The van der Waals surface area contributed by atoms with E-state index in [1.165, 1.54) is 11.1 Å². The van der Waals surface area contributed by atoms with E-state index in [-0.39, 0.29) is 0 Å². The van der Waals surface area contributed by atoms with Gasteiger partial charge in [-0.25, -0.2) is 0 Å². The quantitative estimate of drug-likeness (QED) is 0.673. The molecule has 1 N–H and O–H groups in total. The van der Waals surface area contributed by atoms with E-state index < -0.39 is 0 Å². The molecule has 0 aliphatic carbocycles. The Balaban J connectivity index is 0.000000354. The lowest BCUT2D eigenvalue weighted by Gasteiger charge is -1.98. The molecule has 12 heavy (non-hydrogen) atoms. The van der Waals surface area contributed by atoms with Crippen molar-refractivity contribution in [2.45, 2.75) is 20.3 Å². The zero-order chi connectivity index (χ0) is 9.40. The van der Waals surface area contributed by atoms with Gasteiger partial charge in [-0.1, -0.05) is 31.2 Å². The van der Waals surface area contributed by atoms with Crippen LogP contribution in [0.1, 0.15) is 18.1 Å². The van der Waals surface area contributed by atoms with Crippen molar-refractivity contribution in [3.8, 4) is 0 Å². The molecule has 0 amide bonds. The van der Waals surface area contributed by atoms with Gasteiger partial charge in [-0.05, 0) is 38.6 Å². The van der Waals surface area contributed by atoms with Crippen molar-refractivity contribution < 1.29 is 0 Å². The van der Waals surface area contributed by atoms with Gasteiger partial charge in [-0.15, -0.1) is 0 Å². The summed E-state index contributed by atoms with van der Waals surface area (Å²) in [7, 11) is 3.75. The molecule has 0 aliphatic rings. The van der Waals surface area contributed by atoms with E-state index in [0.29, 0.717) is 0 Å². The topological polar surface area (TPSA) is 12.0 Å². The van der Waals surface area contributed by atoms with Crippen LogP contribution in [-0.2, 0) is 6.42 Å². The van der Waals surface area contributed by atoms with Crippen molar-refractivity contribution in [3.63, 3.8) is 0 Å².